The Balaban J connectivity index is 2.13. The van der Waals surface area contributed by atoms with Crippen molar-refractivity contribution in [2.45, 2.75) is 6.92 Å². The predicted molar refractivity (Wildman–Crippen MR) is 121 cm³/mol. The summed E-state index contributed by atoms with van der Waals surface area (Å²) in [5.74, 6) is 1.75. The van der Waals surface area contributed by atoms with E-state index in [0.717, 1.165) is 39.1 Å². The first kappa shape index (κ1) is 19.1. The molecule has 0 N–H and O–H groups in total. The molecule has 1 aliphatic carbocycles. The van der Waals surface area contributed by atoms with Gasteiger partial charge in [-0.05, 0) is 48.4 Å². The molecular formula is C25H27N2O2+. The molecule has 1 heterocycles. The Morgan fingerprint density at radius 1 is 0.897 bits per heavy atom. The lowest BCUT2D eigenvalue weighted by Crippen LogP contribution is -2.21. The fraction of sp³-hybridized carbons (Fsp3) is 0.240. The van der Waals surface area contributed by atoms with Crippen molar-refractivity contribution in [2.75, 3.05) is 40.2 Å². The average molecular weight is 388 g/mol. The highest BCUT2D eigenvalue weighted by molar-refractivity contribution is 6.03. The number of hydrogen-bond acceptors (Lipinski definition) is 3. The number of benzene rings is 3. The molecular weight excluding hydrogens is 360 g/mol. The molecule has 0 saturated carbocycles. The smallest absolute Gasteiger partial charge is 0.203 e. The monoisotopic (exact) mass is 387 g/mol. The van der Waals surface area contributed by atoms with Crippen LogP contribution in [-0.2, 0) is 0 Å². The van der Waals surface area contributed by atoms with Gasteiger partial charge in [0.15, 0.2) is 0 Å². The lowest BCUT2D eigenvalue weighted by molar-refractivity contribution is 0.414. The van der Waals surface area contributed by atoms with Gasteiger partial charge in [-0.1, -0.05) is 6.07 Å². The van der Waals surface area contributed by atoms with Crippen molar-refractivity contribution in [1.82, 2.24) is 4.58 Å². The largest absolute Gasteiger partial charge is 0.497 e. The second-order valence-corrected chi connectivity index (χ2v) is 7.81. The topological polar surface area (TPSA) is 28.6 Å². The summed E-state index contributed by atoms with van der Waals surface area (Å²) in [6, 6.07) is 19.1. The van der Waals surface area contributed by atoms with Gasteiger partial charge in [0.2, 0.25) is 5.36 Å². The van der Waals surface area contributed by atoms with E-state index in [4.69, 9.17) is 9.15 Å². The zero-order chi connectivity index (χ0) is 20.7. The fourth-order valence-corrected chi connectivity index (χ4v) is 3.76. The van der Waals surface area contributed by atoms with Crippen molar-refractivity contribution in [2.24, 2.45) is 0 Å². The minimum absolute atomic E-state index is 0.866. The molecule has 4 heteroatoms. The standard InChI is InChI=1S/C25H27N2O2/c1-16-13-19(28-6)9-12-20(16)25-21-10-7-17(26(2)3)14-23(21)29-24-15-18(27(4)5)8-11-22(24)25/h7-15H,1-6H3/q+1. The van der Waals surface area contributed by atoms with Gasteiger partial charge >= 0.3 is 0 Å². The highest BCUT2D eigenvalue weighted by atomic mass is 16.5. The minimum Gasteiger partial charge on any atom is -0.497 e. The predicted octanol–water partition coefficient (Wildman–Crippen LogP) is 4.62. The zero-order valence-electron chi connectivity index (χ0n) is 17.9. The number of hydrogen-bond donors (Lipinski definition) is 0. The maximum Gasteiger partial charge on any atom is 0.203 e. The summed E-state index contributed by atoms with van der Waals surface area (Å²) < 4.78 is 13.9. The number of aryl methyl sites for hydroxylation is 1. The Morgan fingerprint density at radius 2 is 1.66 bits per heavy atom. The number of nitrogens with zero attached hydrogens (tertiary/aromatic N) is 2. The Bertz CT molecular complexity index is 1250. The second-order valence-electron chi connectivity index (χ2n) is 7.81. The van der Waals surface area contributed by atoms with E-state index in [1.807, 2.05) is 34.3 Å². The summed E-state index contributed by atoms with van der Waals surface area (Å²) in [4.78, 5) is 2.09. The molecule has 0 atom stereocenters. The molecule has 1 aliphatic heterocycles. The second kappa shape index (κ2) is 7.28. The summed E-state index contributed by atoms with van der Waals surface area (Å²) in [5, 5.41) is 2.22. The van der Waals surface area contributed by atoms with Crippen LogP contribution in [0, 0.1) is 6.92 Å². The Labute approximate surface area is 171 Å². The molecule has 148 valence electrons. The number of anilines is 1. The van der Waals surface area contributed by atoms with Gasteiger partial charge in [0.1, 0.15) is 31.2 Å². The Hall–Kier alpha value is -3.27. The number of ether oxygens (including phenoxy) is 1. The first-order valence-corrected chi connectivity index (χ1v) is 9.72. The van der Waals surface area contributed by atoms with Crippen LogP contribution in [0.4, 0.5) is 5.69 Å². The van der Waals surface area contributed by atoms with Crippen molar-refractivity contribution in [3.05, 3.63) is 65.5 Å². The van der Waals surface area contributed by atoms with E-state index in [1.54, 1.807) is 7.11 Å². The van der Waals surface area contributed by atoms with Gasteiger partial charge in [-0.15, -0.1) is 0 Å². The van der Waals surface area contributed by atoms with Gasteiger partial charge in [-0.2, -0.15) is 0 Å². The van der Waals surface area contributed by atoms with E-state index >= 15 is 0 Å². The number of rotatable bonds is 3. The molecule has 4 rings (SSSR count). The first-order valence-electron chi connectivity index (χ1n) is 9.72. The molecule has 0 radical (unpaired) electrons. The summed E-state index contributed by atoms with van der Waals surface area (Å²) in [5.41, 5.74) is 6.65. The van der Waals surface area contributed by atoms with Crippen LogP contribution in [0.5, 0.6) is 5.75 Å². The molecule has 4 nitrogen and oxygen atoms in total. The molecule has 2 aromatic rings. The van der Waals surface area contributed by atoms with Crippen LogP contribution < -0.4 is 19.6 Å². The van der Waals surface area contributed by atoms with Crippen LogP contribution in [0.25, 0.3) is 33.4 Å². The van der Waals surface area contributed by atoms with Crippen LogP contribution >= 0.6 is 0 Å². The third-order valence-electron chi connectivity index (χ3n) is 5.42. The fourth-order valence-electron chi connectivity index (χ4n) is 3.76. The Kier molecular flexibility index (Phi) is 4.79. The highest BCUT2D eigenvalue weighted by Crippen LogP contribution is 2.42. The molecule has 0 unspecified atom stereocenters. The maximum atomic E-state index is 6.40. The van der Waals surface area contributed by atoms with Crippen molar-refractivity contribution in [3.63, 3.8) is 0 Å². The van der Waals surface area contributed by atoms with E-state index in [9.17, 15) is 0 Å². The molecule has 0 spiro atoms. The van der Waals surface area contributed by atoms with Crippen molar-refractivity contribution >= 4 is 16.7 Å². The van der Waals surface area contributed by atoms with Gasteiger partial charge in [-0.25, -0.2) is 4.58 Å². The molecule has 29 heavy (non-hydrogen) atoms. The SMILES string of the molecule is COc1ccc(-c2c3ccc(=[N+](C)C)cc-3oc3cc(N(C)C)ccc23)c(C)c1. The lowest BCUT2D eigenvalue weighted by atomic mass is 9.91. The van der Waals surface area contributed by atoms with Crippen molar-refractivity contribution in [1.29, 1.82) is 0 Å². The molecule has 0 saturated heterocycles. The summed E-state index contributed by atoms with van der Waals surface area (Å²) >= 11 is 0. The van der Waals surface area contributed by atoms with Gasteiger partial charge in [-0.3, -0.25) is 0 Å². The summed E-state index contributed by atoms with van der Waals surface area (Å²) in [6.07, 6.45) is 0. The average Bonchev–Trinajstić information content (AvgIpc) is 2.71. The van der Waals surface area contributed by atoms with Gasteiger partial charge in [0.25, 0.3) is 0 Å². The third-order valence-corrected chi connectivity index (χ3v) is 5.42. The molecule has 2 aromatic carbocycles. The third kappa shape index (κ3) is 3.35. The van der Waals surface area contributed by atoms with Crippen LogP contribution in [0.1, 0.15) is 5.56 Å². The summed E-state index contributed by atoms with van der Waals surface area (Å²) in [7, 11) is 9.87. The molecule has 0 amide bonds. The molecule has 2 aliphatic rings. The van der Waals surface area contributed by atoms with E-state index in [-0.39, 0.29) is 0 Å². The molecule has 0 fully saturated rings. The van der Waals surface area contributed by atoms with Gasteiger partial charge < -0.3 is 14.1 Å². The Morgan fingerprint density at radius 3 is 2.31 bits per heavy atom. The quantitative estimate of drug-likeness (QED) is 0.379. The van der Waals surface area contributed by atoms with E-state index < -0.39 is 0 Å². The lowest BCUT2D eigenvalue weighted by Gasteiger charge is -2.19. The van der Waals surface area contributed by atoms with Crippen molar-refractivity contribution < 1.29 is 9.15 Å². The van der Waals surface area contributed by atoms with Crippen LogP contribution in [0.3, 0.4) is 0 Å². The van der Waals surface area contributed by atoms with E-state index in [1.165, 1.54) is 16.7 Å². The van der Waals surface area contributed by atoms with E-state index in [0.29, 0.717) is 0 Å². The molecule has 0 aromatic heterocycles. The highest BCUT2D eigenvalue weighted by Gasteiger charge is 2.19. The molecule has 0 bridgehead atoms. The van der Waals surface area contributed by atoms with Crippen LogP contribution in [-0.4, -0.2) is 35.3 Å². The normalized spacial score (nSPS) is 11.1. The van der Waals surface area contributed by atoms with Crippen molar-refractivity contribution in [3.8, 4) is 28.2 Å². The van der Waals surface area contributed by atoms with Gasteiger partial charge in [0, 0.05) is 48.4 Å². The number of fused-ring (bicyclic) bond motifs is 2. The first-order chi connectivity index (χ1) is 13.9. The summed E-state index contributed by atoms with van der Waals surface area (Å²) in [6.45, 7) is 2.13. The zero-order valence-corrected chi connectivity index (χ0v) is 17.9. The van der Waals surface area contributed by atoms with Crippen LogP contribution in [0.2, 0.25) is 0 Å². The van der Waals surface area contributed by atoms with E-state index in [2.05, 4.69) is 64.9 Å². The van der Waals surface area contributed by atoms with Crippen LogP contribution in [0.15, 0.2) is 59.0 Å². The number of methoxy groups -OCH3 is 1. The maximum absolute atomic E-state index is 6.40. The minimum atomic E-state index is 0.866. The van der Waals surface area contributed by atoms with Gasteiger partial charge in [0.05, 0.1) is 13.2 Å².